The first-order chi connectivity index (χ1) is 9.15. The van der Waals surface area contributed by atoms with Crippen LogP contribution in [0.25, 0.3) is 0 Å². The second-order valence-corrected chi connectivity index (χ2v) is 5.10. The van der Waals surface area contributed by atoms with E-state index in [1.165, 1.54) is 0 Å². The maximum atomic E-state index is 12.4. The molecular formula is C15H21NO3. The van der Waals surface area contributed by atoms with Crippen molar-refractivity contribution in [1.29, 1.82) is 0 Å². The molecule has 1 N–H and O–H groups in total. The first-order valence-electron chi connectivity index (χ1n) is 6.69. The lowest BCUT2D eigenvalue weighted by Gasteiger charge is -2.23. The van der Waals surface area contributed by atoms with Crippen LogP contribution in [0.1, 0.15) is 23.7 Å². The number of Topliss-reactive ketones (excluding diaryl/α,β-unsaturated/α-hetero) is 1. The predicted molar refractivity (Wildman–Crippen MR) is 73.6 cm³/mol. The van der Waals surface area contributed by atoms with Crippen molar-refractivity contribution >= 4 is 5.78 Å². The Hall–Kier alpha value is -1.39. The number of methoxy groups -OCH3 is 1. The van der Waals surface area contributed by atoms with Gasteiger partial charge in [-0.3, -0.25) is 9.69 Å². The van der Waals surface area contributed by atoms with E-state index in [0.717, 1.165) is 25.3 Å². The minimum atomic E-state index is -0.134. The molecule has 19 heavy (non-hydrogen) atoms. The van der Waals surface area contributed by atoms with Crippen molar-refractivity contribution in [3.63, 3.8) is 0 Å². The molecule has 4 heteroatoms. The van der Waals surface area contributed by atoms with Crippen LogP contribution < -0.4 is 4.74 Å². The topological polar surface area (TPSA) is 49.8 Å². The van der Waals surface area contributed by atoms with Gasteiger partial charge in [0.15, 0.2) is 5.78 Å². The molecular weight excluding hydrogens is 242 g/mol. The lowest BCUT2D eigenvalue weighted by Crippen LogP contribution is -2.37. The molecule has 1 aromatic rings. The van der Waals surface area contributed by atoms with Gasteiger partial charge in [-0.05, 0) is 50.1 Å². The van der Waals surface area contributed by atoms with E-state index in [-0.39, 0.29) is 18.4 Å². The Morgan fingerprint density at radius 2 is 2.16 bits per heavy atom. The van der Waals surface area contributed by atoms with Crippen LogP contribution in [0.3, 0.4) is 0 Å². The van der Waals surface area contributed by atoms with E-state index in [4.69, 9.17) is 9.84 Å². The van der Waals surface area contributed by atoms with Crippen molar-refractivity contribution in [3.05, 3.63) is 29.8 Å². The minimum Gasteiger partial charge on any atom is -0.497 e. The Kier molecular flexibility index (Phi) is 4.56. The number of rotatable bonds is 5. The summed E-state index contributed by atoms with van der Waals surface area (Å²) >= 11 is 0. The fourth-order valence-corrected chi connectivity index (χ4v) is 2.53. The summed E-state index contributed by atoms with van der Waals surface area (Å²) in [5.74, 6) is 1.19. The Balaban J connectivity index is 2.02. The molecule has 2 rings (SSSR count). The molecule has 1 aliphatic rings. The number of aliphatic hydroxyl groups excluding tert-OH is 1. The molecule has 0 aliphatic carbocycles. The van der Waals surface area contributed by atoms with Gasteiger partial charge in [-0.25, -0.2) is 0 Å². The van der Waals surface area contributed by atoms with Gasteiger partial charge in [-0.1, -0.05) is 0 Å². The van der Waals surface area contributed by atoms with Crippen molar-refractivity contribution < 1.29 is 14.6 Å². The number of carbonyl (C=O) groups is 1. The van der Waals surface area contributed by atoms with E-state index in [1.807, 2.05) is 6.92 Å². The third kappa shape index (κ3) is 3.14. The van der Waals surface area contributed by atoms with Crippen LogP contribution in [0.2, 0.25) is 0 Å². The lowest BCUT2D eigenvalue weighted by molar-refractivity contribution is 0.0857. The van der Waals surface area contributed by atoms with Gasteiger partial charge in [-0.2, -0.15) is 0 Å². The van der Waals surface area contributed by atoms with Gasteiger partial charge in [0.25, 0.3) is 0 Å². The number of carbonyl (C=O) groups excluding carboxylic acids is 1. The number of aliphatic hydroxyl groups is 1. The van der Waals surface area contributed by atoms with Gasteiger partial charge in [0.1, 0.15) is 5.75 Å². The number of hydrogen-bond acceptors (Lipinski definition) is 4. The normalized spacial score (nSPS) is 21.3. The average molecular weight is 263 g/mol. The summed E-state index contributed by atoms with van der Waals surface area (Å²) in [6.45, 7) is 3.83. The van der Waals surface area contributed by atoms with Crippen LogP contribution >= 0.6 is 0 Å². The smallest absolute Gasteiger partial charge is 0.179 e. The monoisotopic (exact) mass is 263 g/mol. The molecule has 4 nitrogen and oxygen atoms in total. The molecule has 0 amide bonds. The maximum absolute atomic E-state index is 12.4. The van der Waals surface area contributed by atoms with E-state index >= 15 is 0 Å². The SMILES string of the molecule is COc1ccc(C(=O)C(C)N2CCC(CO)C2)cc1. The zero-order valence-electron chi connectivity index (χ0n) is 11.5. The van der Waals surface area contributed by atoms with Gasteiger partial charge < -0.3 is 9.84 Å². The second-order valence-electron chi connectivity index (χ2n) is 5.10. The van der Waals surface area contributed by atoms with Gasteiger partial charge in [0.05, 0.1) is 13.2 Å². The molecule has 1 fully saturated rings. The fraction of sp³-hybridized carbons (Fsp3) is 0.533. The van der Waals surface area contributed by atoms with Crippen LogP contribution in [0.15, 0.2) is 24.3 Å². The summed E-state index contributed by atoms with van der Waals surface area (Å²) < 4.78 is 5.09. The van der Waals surface area contributed by atoms with Crippen molar-refractivity contribution in [1.82, 2.24) is 4.90 Å². The summed E-state index contributed by atoms with van der Waals surface area (Å²) in [6.07, 6.45) is 0.969. The number of likely N-dealkylation sites (tertiary alicyclic amines) is 1. The van der Waals surface area contributed by atoms with Crippen LogP contribution in [-0.2, 0) is 0 Å². The van der Waals surface area contributed by atoms with Gasteiger partial charge in [0.2, 0.25) is 0 Å². The van der Waals surface area contributed by atoms with Crippen molar-refractivity contribution in [2.45, 2.75) is 19.4 Å². The van der Waals surface area contributed by atoms with E-state index < -0.39 is 0 Å². The molecule has 1 saturated heterocycles. The zero-order valence-corrected chi connectivity index (χ0v) is 11.5. The molecule has 1 aromatic carbocycles. The summed E-state index contributed by atoms with van der Waals surface area (Å²) in [6, 6.07) is 7.08. The number of nitrogens with zero attached hydrogens (tertiary/aromatic N) is 1. The molecule has 0 radical (unpaired) electrons. The Morgan fingerprint density at radius 1 is 1.47 bits per heavy atom. The summed E-state index contributed by atoms with van der Waals surface area (Å²) in [5.41, 5.74) is 0.709. The lowest BCUT2D eigenvalue weighted by atomic mass is 10.0. The first-order valence-corrected chi connectivity index (χ1v) is 6.69. The van der Waals surface area contributed by atoms with Crippen molar-refractivity contribution in [2.75, 3.05) is 26.8 Å². The molecule has 2 atom stereocenters. The van der Waals surface area contributed by atoms with Crippen LogP contribution in [0, 0.1) is 5.92 Å². The van der Waals surface area contributed by atoms with E-state index in [1.54, 1.807) is 31.4 Å². The number of ether oxygens (including phenoxy) is 1. The fourth-order valence-electron chi connectivity index (χ4n) is 2.53. The highest BCUT2D eigenvalue weighted by Gasteiger charge is 2.29. The van der Waals surface area contributed by atoms with Crippen molar-refractivity contribution in [3.8, 4) is 5.75 Å². The summed E-state index contributed by atoms with van der Waals surface area (Å²) in [7, 11) is 1.61. The summed E-state index contributed by atoms with van der Waals surface area (Å²) in [5, 5.41) is 9.15. The predicted octanol–water partition coefficient (Wildman–Crippen LogP) is 1.58. The third-order valence-corrected chi connectivity index (χ3v) is 3.88. The van der Waals surface area contributed by atoms with Crippen LogP contribution in [0.5, 0.6) is 5.75 Å². The Bertz CT molecular complexity index is 430. The van der Waals surface area contributed by atoms with E-state index in [2.05, 4.69) is 4.90 Å². The molecule has 0 bridgehead atoms. The molecule has 2 unspecified atom stereocenters. The molecule has 0 aromatic heterocycles. The minimum absolute atomic E-state index is 0.126. The number of ketones is 1. The second kappa shape index (κ2) is 6.17. The highest BCUT2D eigenvalue weighted by molar-refractivity contribution is 5.99. The zero-order chi connectivity index (χ0) is 13.8. The molecule has 0 spiro atoms. The number of benzene rings is 1. The maximum Gasteiger partial charge on any atom is 0.179 e. The van der Waals surface area contributed by atoms with Crippen LogP contribution in [-0.4, -0.2) is 48.6 Å². The highest BCUT2D eigenvalue weighted by atomic mass is 16.5. The standard InChI is InChI=1S/C15H21NO3/c1-11(16-8-7-12(9-16)10-17)15(18)13-3-5-14(19-2)6-4-13/h3-6,11-12,17H,7-10H2,1-2H3. The molecule has 0 saturated carbocycles. The largest absolute Gasteiger partial charge is 0.497 e. The van der Waals surface area contributed by atoms with E-state index in [9.17, 15) is 4.79 Å². The Labute approximate surface area is 114 Å². The third-order valence-electron chi connectivity index (χ3n) is 3.88. The molecule has 104 valence electrons. The van der Waals surface area contributed by atoms with Crippen LogP contribution in [0.4, 0.5) is 0 Å². The van der Waals surface area contributed by atoms with Gasteiger partial charge >= 0.3 is 0 Å². The summed E-state index contributed by atoms with van der Waals surface area (Å²) in [4.78, 5) is 14.5. The van der Waals surface area contributed by atoms with Gasteiger partial charge in [-0.15, -0.1) is 0 Å². The Morgan fingerprint density at radius 3 is 2.68 bits per heavy atom. The number of hydrogen-bond donors (Lipinski definition) is 1. The molecule has 1 aliphatic heterocycles. The van der Waals surface area contributed by atoms with E-state index in [0.29, 0.717) is 11.5 Å². The highest BCUT2D eigenvalue weighted by Crippen LogP contribution is 2.21. The van der Waals surface area contributed by atoms with Gasteiger partial charge in [0, 0.05) is 18.7 Å². The first kappa shape index (κ1) is 14.0. The molecule has 1 heterocycles. The quantitative estimate of drug-likeness (QED) is 0.819. The average Bonchev–Trinajstić information content (AvgIpc) is 2.94. The van der Waals surface area contributed by atoms with Crippen molar-refractivity contribution in [2.24, 2.45) is 5.92 Å².